The molecule has 0 fully saturated rings. The number of amides is 3. The molecule has 0 saturated heterocycles. The number of imide groups is 1. The van der Waals surface area contributed by atoms with Crippen LogP contribution in [0, 0.1) is 5.41 Å². The highest BCUT2D eigenvalue weighted by molar-refractivity contribution is 5.94. The van der Waals surface area contributed by atoms with Crippen LogP contribution in [0.2, 0.25) is 0 Å². The number of rotatable bonds is 6. The fraction of sp³-hybridized carbons (Fsp3) is 0.500. The van der Waals surface area contributed by atoms with Gasteiger partial charge in [-0.05, 0) is 5.41 Å². The highest BCUT2D eigenvalue weighted by atomic mass is 16.5. The van der Waals surface area contributed by atoms with E-state index in [1.165, 1.54) is 6.20 Å². The zero-order chi connectivity index (χ0) is 15.2. The molecule has 1 aromatic heterocycles. The lowest BCUT2D eigenvalue weighted by molar-refractivity contribution is -0.139. The minimum Gasteiger partial charge on any atom is -0.481 e. The van der Waals surface area contributed by atoms with Crippen molar-refractivity contribution < 1.29 is 24.0 Å². The van der Waals surface area contributed by atoms with Gasteiger partial charge >= 0.3 is 12.0 Å². The first-order valence-corrected chi connectivity index (χ1v) is 5.97. The van der Waals surface area contributed by atoms with Crippen molar-refractivity contribution in [2.45, 2.75) is 33.2 Å². The number of urea groups is 1. The molecule has 0 atom stereocenters. The van der Waals surface area contributed by atoms with E-state index in [0.29, 0.717) is 5.76 Å². The van der Waals surface area contributed by atoms with Gasteiger partial charge < -0.3 is 14.9 Å². The van der Waals surface area contributed by atoms with Crippen LogP contribution in [0.15, 0.2) is 16.8 Å². The fourth-order valence-corrected chi connectivity index (χ4v) is 1.62. The van der Waals surface area contributed by atoms with Gasteiger partial charge in [-0.25, -0.2) is 4.79 Å². The maximum Gasteiger partial charge on any atom is 0.321 e. The summed E-state index contributed by atoms with van der Waals surface area (Å²) in [5.41, 5.74) is -0.721. The summed E-state index contributed by atoms with van der Waals surface area (Å²) in [6, 6.07) is 0.912. The molecular formula is C12H17N3O5. The smallest absolute Gasteiger partial charge is 0.321 e. The molecule has 0 aliphatic heterocycles. The Hall–Kier alpha value is -2.38. The topological polar surface area (TPSA) is 122 Å². The summed E-state index contributed by atoms with van der Waals surface area (Å²) < 4.78 is 4.77. The first kappa shape index (κ1) is 15.7. The van der Waals surface area contributed by atoms with Crippen molar-refractivity contribution in [3.05, 3.63) is 18.0 Å². The van der Waals surface area contributed by atoms with Crippen LogP contribution in [0.3, 0.4) is 0 Å². The Morgan fingerprint density at radius 1 is 1.35 bits per heavy atom. The third kappa shape index (κ3) is 5.98. The number of nitrogens with one attached hydrogen (secondary N) is 2. The van der Waals surface area contributed by atoms with Gasteiger partial charge in [-0.3, -0.25) is 14.9 Å². The molecule has 0 saturated carbocycles. The van der Waals surface area contributed by atoms with Crippen LogP contribution in [-0.4, -0.2) is 28.2 Å². The summed E-state index contributed by atoms with van der Waals surface area (Å²) in [7, 11) is 0. The van der Waals surface area contributed by atoms with E-state index in [0.717, 1.165) is 0 Å². The summed E-state index contributed by atoms with van der Waals surface area (Å²) in [5.74, 6) is -1.07. The summed E-state index contributed by atoms with van der Waals surface area (Å²) in [6.45, 7) is 3.40. The van der Waals surface area contributed by atoms with Gasteiger partial charge in [-0.2, -0.15) is 0 Å². The predicted molar refractivity (Wildman–Crippen MR) is 67.5 cm³/mol. The molecule has 0 unspecified atom stereocenters. The van der Waals surface area contributed by atoms with E-state index in [-0.39, 0.29) is 19.4 Å². The average molecular weight is 283 g/mol. The van der Waals surface area contributed by atoms with Crippen LogP contribution in [0.4, 0.5) is 4.79 Å². The second kappa shape index (κ2) is 6.69. The maximum atomic E-state index is 11.6. The molecule has 0 spiro atoms. The molecule has 0 radical (unpaired) electrons. The number of carboxylic acids is 1. The van der Waals surface area contributed by atoms with E-state index in [9.17, 15) is 14.4 Å². The molecule has 8 nitrogen and oxygen atoms in total. The fourth-order valence-electron chi connectivity index (χ4n) is 1.62. The van der Waals surface area contributed by atoms with Crippen LogP contribution < -0.4 is 10.6 Å². The zero-order valence-electron chi connectivity index (χ0n) is 11.3. The summed E-state index contributed by atoms with van der Waals surface area (Å²) in [6.07, 6.45) is 1.23. The van der Waals surface area contributed by atoms with E-state index in [2.05, 4.69) is 15.8 Å². The van der Waals surface area contributed by atoms with Crippen molar-refractivity contribution in [1.29, 1.82) is 0 Å². The second-order valence-electron chi connectivity index (χ2n) is 5.12. The van der Waals surface area contributed by atoms with Gasteiger partial charge in [-0.15, -0.1) is 0 Å². The van der Waals surface area contributed by atoms with Crippen LogP contribution in [0.1, 0.15) is 32.4 Å². The Balaban J connectivity index is 2.34. The van der Waals surface area contributed by atoms with Crippen molar-refractivity contribution in [3.8, 4) is 0 Å². The molecule has 0 aromatic carbocycles. The van der Waals surface area contributed by atoms with Crippen molar-refractivity contribution in [2.24, 2.45) is 5.41 Å². The molecule has 8 heteroatoms. The number of nitrogens with zero attached hydrogens (tertiary/aromatic N) is 1. The zero-order valence-corrected chi connectivity index (χ0v) is 11.3. The lowest BCUT2D eigenvalue weighted by atomic mass is 9.85. The molecule has 0 aliphatic carbocycles. The molecule has 0 bridgehead atoms. The van der Waals surface area contributed by atoms with Crippen molar-refractivity contribution in [2.75, 3.05) is 0 Å². The number of carbonyl (C=O) groups excluding carboxylic acids is 2. The number of aromatic nitrogens is 1. The summed E-state index contributed by atoms with van der Waals surface area (Å²) in [5, 5.41) is 16.7. The largest absolute Gasteiger partial charge is 0.481 e. The number of carbonyl (C=O) groups is 3. The van der Waals surface area contributed by atoms with Crippen molar-refractivity contribution >= 4 is 17.9 Å². The Bertz CT molecular complexity index is 481. The highest BCUT2D eigenvalue weighted by Crippen LogP contribution is 2.24. The van der Waals surface area contributed by atoms with E-state index in [4.69, 9.17) is 9.63 Å². The van der Waals surface area contributed by atoms with Gasteiger partial charge in [0.25, 0.3) is 0 Å². The second-order valence-corrected chi connectivity index (χ2v) is 5.12. The lowest BCUT2D eigenvalue weighted by Crippen LogP contribution is -2.40. The molecule has 1 aromatic rings. The molecule has 110 valence electrons. The van der Waals surface area contributed by atoms with Gasteiger partial charge in [0.2, 0.25) is 5.91 Å². The molecular weight excluding hydrogens is 266 g/mol. The van der Waals surface area contributed by atoms with Gasteiger partial charge in [0.15, 0.2) is 5.76 Å². The minimum absolute atomic E-state index is 0.0605. The number of aliphatic carboxylic acids is 1. The van der Waals surface area contributed by atoms with Crippen LogP contribution in [0.5, 0.6) is 0 Å². The van der Waals surface area contributed by atoms with Crippen LogP contribution in [0.25, 0.3) is 0 Å². The van der Waals surface area contributed by atoms with E-state index >= 15 is 0 Å². The van der Waals surface area contributed by atoms with E-state index < -0.39 is 23.3 Å². The lowest BCUT2D eigenvalue weighted by Gasteiger charge is -2.21. The molecule has 1 rings (SSSR count). The first-order chi connectivity index (χ1) is 9.28. The number of carboxylic acid groups (broad SMARTS) is 1. The Labute approximate surface area is 115 Å². The van der Waals surface area contributed by atoms with Crippen LogP contribution in [-0.2, 0) is 16.1 Å². The first-order valence-electron chi connectivity index (χ1n) is 5.97. The van der Waals surface area contributed by atoms with Crippen LogP contribution >= 0.6 is 0 Å². The Kier molecular flexibility index (Phi) is 5.24. The van der Waals surface area contributed by atoms with Gasteiger partial charge in [-0.1, -0.05) is 19.0 Å². The Morgan fingerprint density at radius 3 is 2.60 bits per heavy atom. The van der Waals surface area contributed by atoms with Gasteiger partial charge in [0.1, 0.15) is 0 Å². The Morgan fingerprint density at radius 2 is 2.05 bits per heavy atom. The molecule has 20 heavy (non-hydrogen) atoms. The van der Waals surface area contributed by atoms with Gasteiger partial charge in [0.05, 0.1) is 19.2 Å². The van der Waals surface area contributed by atoms with E-state index in [1.54, 1.807) is 19.9 Å². The number of hydrogen-bond donors (Lipinski definition) is 3. The molecule has 3 N–H and O–H groups in total. The quantitative estimate of drug-likeness (QED) is 0.712. The monoisotopic (exact) mass is 283 g/mol. The minimum atomic E-state index is -0.988. The SMILES string of the molecule is CC(C)(CC(=O)O)CC(=O)NC(=O)NCc1ccno1. The average Bonchev–Trinajstić information content (AvgIpc) is 2.75. The van der Waals surface area contributed by atoms with Crippen molar-refractivity contribution in [1.82, 2.24) is 15.8 Å². The summed E-state index contributed by atoms with van der Waals surface area (Å²) in [4.78, 5) is 33.7. The summed E-state index contributed by atoms with van der Waals surface area (Å²) >= 11 is 0. The maximum absolute atomic E-state index is 11.6. The normalized spacial score (nSPS) is 10.9. The molecule has 1 heterocycles. The standard InChI is InChI=1S/C12H17N3O5/c1-12(2,6-10(17)18)5-9(16)15-11(19)13-7-8-3-4-14-20-8/h3-4H,5-7H2,1-2H3,(H,17,18)(H2,13,15,16,19). The third-order valence-electron chi connectivity index (χ3n) is 2.44. The van der Waals surface area contributed by atoms with Gasteiger partial charge in [0, 0.05) is 12.5 Å². The number of hydrogen-bond acceptors (Lipinski definition) is 5. The predicted octanol–water partition coefficient (Wildman–Crippen LogP) is 0.891. The molecule has 0 aliphatic rings. The highest BCUT2D eigenvalue weighted by Gasteiger charge is 2.25. The molecule has 3 amide bonds. The van der Waals surface area contributed by atoms with Crippen molar-refractivity contribution in [3.63, 3.8) is 0 Å². The van der Waals surface area contributed by atoms with E-state index in [1.807, 2.05) is 0 Å². The third-order valence-corrected chi connectivity index (χ3v) is 2.44.